The second-order valence-electron chi connectivity index (χ2n) is 5.64. The van der Waals surface area contributed by atoms with Gasteiger partial charge < -0.3 is 4.90 Å². The Morgan fingerprint density at radius 2 is 2.00 bits per heavy atom. The number of halogens is 1. The van der Waals surface area contributed by atoms with Crippen molar-refractivity contribution in [3.63, 3.8) is 0 Å². The third kappa shape index (κ3) is 3.17. The molecule has 15 heavy (non-hydrogen) atoms. The Labute approximate surface area is 93.0 Å². The zero-order valence-corrected chi connectivity index (χ0v) is 9.97. The molecule has 0 spiro atoms. The first-order chi connectivity index (χ1) is 7.25. The summed E-state index contributed by atoms with van der Waals surface area (Å²) in [5.74, 6) is 0.671. The van der Waals surface area contributed by atoms with Gasteiger partial charge in [-0.2, -0.15) is 0 Å². The van der Waals surface area contributed by atoms with E-state index < -0.39 is 6.17 Å². The molecule has 0 aromatic carbocycles. The number of alkyl halides is 1. The first kappa shape index (κ1) is 11.4. The van der Waals surface area contributed by atoms with E-state index in [1.807, 2.05) is 0 Å². The van der Waals surface area contributed by atoms with E-state index in [0.29, 0.717) is 5.92 Å². The van der Waals surface area contributed by atoms with E-state index in [-0.39, 0.29) is 0 Å². The number of hydrogen-bond donors (Lipinski definition) is 1. The van der Waals surface area contributed by atoms with Gasteiger partial charge in [0.2, 0.25) is 0 Å². The highest BCUT2D eigenvalue weighted by molar-refractivity contribution is 4.72. The lowest BCUT2D eigenvalue weighted by Gasteiger charge is -2.34. The van der Waals surface area contributed by atoms with Gasteiger partial charge in [0.1, 0.15) is 6.17 Å². The van der Waals surface area contributed by atoms with Crippen LogP contribution >= 0.6 is 0 Å². The summed E-state index contributed by atoms with van der Waals surface area (Å²) in [6, 6.07) is 0.818. The molecule has 2 heteroatoms. The van der Waals surface area contributed by atoms with Gasteiger partial charge >= 0.3 is 0 Å². The Hall–Kier alpha value is -0.110. The Morgan fingerprint density at radius 3 is 2.73 bits per heavy atom. The molecule has 0 aromatic heterocycles. The van der Waals surface area contributed by atoms with Crippen molar-refractivity contribution in [3.05, 3.63) is 0 Å². The van der Waals surface area contributed by atoms with E-state index in [2.05, 4.69) is 6.92 Å². The minimum Gasteiger partial charge on any atom is -0.333 e. The molecule has 4 atom stereocenters. The van der Waals surface area contributed by atoms with E-state index in [0.717, 1.165) is 25.3 Å². The van der Waals surface area contributed by atoms with Gasteiger partial charge in [-0.25, -0.2) is 4.39 Å². The predicted octanol–water partition coefficient (Wildman–Crippen LogP) is 1.97. The number of nitrogens with one attached hydrogen (secondary N) is 1. The molecule has 0 amide bonds. The number of piperidine rings is 1. The van der Waals surface area contributed by atoms with Crippen LogP contribution in [0.5, 0.6) is 0 Å². The highest BCUT2D eigenvalue weighted by Gasteiger charge is 2.28. The van der Waals surface area contributed by atoms with Crippen molar-refractivity contribution in [1.29, 1.82) is 0 Å². The fraction of sp³-hybridized carbons (Fsp3) is 1.00. The molecule has 1 saturated carbocycles. The predicted molar refractivity (Wildman–Crippen MR) is 60.9 cm³/mol. The average Bonchev–Trinajstić information content (AvgIpc) is 2.22. The summed E-state index contributed by atoms with van der Waals surface area (Å²) in [5, 5.41) is 0. The topological polar surface area (TPSA) is 4.44 Å². The number of quaternary nitrogens is 1. The van der Waals surface area contributed by atoms with Crippen LogP contribution in [0.4, 0.5) is 4.39 Å². The van der Waals surface area contributed by atoms with Crippen LogP contribution in [-0.4, -0.2) is 25.3 Å². The second-order valence-corrected chi connectivity index (χ2v) is 5.64. The number of rotatable bonds is 2. The van der Waals surface area contributed by atoms with Gasteiger partial charge in [0.25, 0.3) is 0 Å². The smallest absolute Gasteiger partial charge is 0.101 e. The molecule has 0 radical (unpaired) electrons. The average molecular weight is 214 g/mol. The van der Waals surface area contributed by atoms with E-state index in [1.165, 1.54) is 38.8 Å². The number of hydrogen-bond acceptors (Lipinski definition) is 0. The van der Waals surface area contributed by atoms with Crippen LogP contribution in [-0.2, 0) is 0 Å². The maximum atomic E-state index is 13.3. The summed E-state index contributed by atoms with van der Waals surface area (Å²) in [4.78, 5) is 1.75. The summed E-state index contributed by atoms with van der Waals surface area (Å²) in [5.41, 5.74) is 0. The normalized spacial score (nSPS) is 42.8. The van der Waals surface area contributed by atoms with Crippen LogP contribution in [0.2, 0.25) is 0 Å². The maximum Gasteiger partial charge on any atom is 0.101 e. The fourth-order valence-electron chi connectivity index (χ4n) is 3.34. The molecular weight excluding hydrogens is 189 g/mol. The molecule has 1 N–H and O–H groups in total. The largest absolute Gasteiger partial charge is 0.333 e. The molecule has 1 nitrogen and oxygen atoms in total. The molecule has 2 rings (SSSR count). The van der Waals surface area contributed by atoms with Crippen molar-refractivity contribution < 1.29 is 9.29 Å². The van der Waals surface area contributed by atoms with Gasteiger partial charge in [-0.3, -0.25) is 0 Å². The van der Waals surface area contributed by atoms with Gasteiger partial charge in [-0.15, -0.1) is 0 Å². The third-order valence-corrected chi connectivity index (χ3v) is 4.35. The zero-order chi connectivity index (χ0) is 10.7. The summed E-state index contributed by atoms with van der Waals surface area (Å²) in [6.45, 7) is 4.93. The van der Waals surface area contributed by atoms with E-state index in [1.54, 1.807) is 4.90 Å². The van der Waals surface area contributed by atoms with Crippen LogP contribution in [0.1, 0.15) is 51.9 Å². The van der Waals surface area contributed by atoms with Crippen molar-refractivity contribution in [2.75, 3.05) is 13.1 Å². The van der Waals surface area contributed by atoms with Gasteiger partial charge in [0, 0.05) is 5.92 Å². The molecule has 0 aromatic rings. The van der Waals surface area contributed by atoms with Crippen LogP contribution in [0.25, 0.3) is 0 Å². The molecule has 0 bridgehead atoms. The summed E-state index contributed by atoms with van der Waals surface area (Å²) >= 11 is 0. The van der Waals surface area contributed by atoms with Crippen molar-refractivity contribution in [2.45, 2.75) is 64.1 Å². The summed E-state index contributed by atoms with van der Waals surface area (Å²) < 4.78 is 13.3. The van der Waals surface area contributed by atoms with Crippen molar-refractivity contribution in [1.82, 2.24) is 0 Å². The third-order valence-electron chi connectivity index (χ3n) is 4.35. The van der Waals surface area contributed by atoms with Crippen LogP contribution in [0.3, 0.4) is 0 Å². The zero-order valence-electron chi connectivity index (χ0n) is 9.97. The quantitative estimate of drug-likeness (QED) is 0.717. The lowest BCUT2D eigenvalue weighted by atomic mass is 9.87. The minimum atomic E-state index is -0.497. The number of likely N-dealkylation sites (tertiary alicyclic amines) is 1. The fourth-order valence-corrected chi connectivity index (χ4v) is 3.34. The Morgan fingerprint density at radius 1 is 1.13 bits per heavy atom. The minimum absolute atomic E-state index is 0.497. The molecular formula is C13H25FN+. The molecule has 1 saturated heterocycles. The molecule has 4 unspecified atom stereocenters. The molecule has 2 fully saturated rings. The molecule has 1 aliphatic carbocycles. The lowest BCUT2D eigenvalue weighted by molar-refractivity contribution is -0.932. The summed E-state index contributed by atoms with van der Waals surface area (Å²) in [7, 11) is 0. The molecule has 1 aliphatic heterocycles. The summed E-state index contributed by atoms with van der Waals surface area (Å²) in [6.07, 6.45) is 7.72. The van der Waals surface area contributed by atoms with Crippen molar-refractivity contribution >= 4 is 0 Å². The van der Waals surface area contributed by atoms with E-state index in [9.17, 15) is 4.39 Å². The van der Waals surface area contributed by atoms with Gasteiger partial charge in [0.15, 0.2) is 0 Å². The monoisotopic (exact) mass is 214 g/mol. The van der Waals surface area contributed by atoms with Crippen molar-refractivity contribution in [3.8, 4) is 0 Å². The first-order valence-corrected chi connectivity index (χ1v) is 6.74. The molecule has 2 aliphatic rings. The standard InChI is InChI=1S/C13H24FN/c1-11-5-2-3-8-15(11)10-12-6-4-7-13(14)9-12/h11-13H,2-10H2,1H3/p+1. The molecule has 88 valence electrons. The van der Waals surface area contributed by atoms with E-state index >= 15 is 0 Å². The van der Waals surface area contributed by atoms with Crippen molar-refractivity contribution in [2.24, 2.45) is 5.92 Å². The first-order valence-electron chi connectivity index (χ1n) is 6.74. The SMILES string of the molecule is CC1CCCC[NH+]1CC1CCCC(F)C1. The van der Waals surface area contributed by atoms with Gasteiger partial charge in [0.05, 0.1) is 19.1 Å². The van der Waals surface area contributed by atoms with Gasteiger partial charge in [-0.05, 0) is 45.4 Å². The Bertz CT molecular complexity index is 195. The van der Waals surface area contributed by atoms with Gasteiger partial charge in [-0.1, -0.05) is 6.42 Å². The van der Waals surface area contributed by atoms with E-state index in [4.69, 9.17) is 0 Å². The second kappa shape index (κ2) is 5.29. The van der Waals surface area contributed by atoms with Crippen LogP contribution in [0, 0.1) is 5.92 Å². The lowest BCUT2D eigenvalue weighted by Crippen LogP contribution is -3.16. The van der Waals surface area contributed by atoms with Crippen LogP contribution < -0.4 is 4.90 Å². The Balaban J connectivity index is 1.79. The maximum absolute atomic E-state index is 13.3. The Kier molecular flexibility index (Phi) is 4.01. The highest BCUT2D eigenvalue weighted by atomic mass is 19.1. The van der Waals surface area contributed by atoms with Crippen LogP contribution in [0.15, 0.2) is 0 Å². The molecule has 1 heterocycles. The highest BCUT2D eigenvalue weighted by Crippen LogP contribution is 2.25.